The number of carbonyl (C=O) groups excluding carboxylic acids is 1. The summed E-state index contributed by atoms with van der Waals surface area (Å²) in [6.45, 7) is 2.49. The van der Waals surface area contributed by atoms with E-state index >= 15 is 0 Å². The van der Waals surface area contributed by atoms with Crippen LogP contribution in [0.5, 0.6) is 0 Å². The highest BCUT2D eigenvalue weighted by molar-refractivity contribution is 5.76. The molecule has 6 nitrogen and oxygen atoms in total. The zero-order chi connectivity index (χ0) is 16.4. The lowest BCUT2D eigenvalue weighted by Crippen LogP contribution is -2.38. The molecule has 2 aliphatic heterocycles. The highest BCUT2D eigenvalue weighted by Gasteiger charge is 2.27. The van der Waals surface area contributed by atoms with Crippen LogP contribution in [-0.4, -0.2) is 51.2 Å². The summed E-state index contributed by atoms with van der Waals surface area (Å²) in [7, 11) is 0. The predicted octanol–water partition coefficient (Wildman–Crippen LogP) is 2.39. The molecule has 2 aromatic heterocycles. The van der Waals surface area contributed by atoms with E-state index < -0.39 is 0 Å². The van der Waals surface area contributed by atoms with E-state index in [2.05, 4.69) is 14.6 Å². The summed E-state index contributed by atoms with van der Waals surface area (Å²) in [5, 5.41) is 8.61. The first kappa shape index (κ1) is 15.6. The average molecular weight is 328 g/mol. The van der Waals surface area contributed by atoms with Gasteiger partial charge in [0.05, 0.1) is 6.10 Å². The number of fused-ring (bicyclic) bond motifs is 1. The van der Waals surface area contributed by atoms with Gasteiger partial charge in [0.2, 0.25) is 5.91 Å². The SMILES string of the molecule is O=C(CCC1CCCO1)N1CCC(c2nnc3ccccn23)CC1. The summed E-state index contributed by atoms with van der Waals surface area (Å²) in [5.41, 5.74) is 0.891. The Bertz CT molecular complexity index is 700. The number of aromatic nitrogens is 3. The first-order valence-corrected chi connectivity index (χ1v) is 9.00. The number of piperidine rings is 1. The van der Waals surface area contributed by atoms with Gasteiger partial charge in [-0.15, -0.1) is 10.2 Å². The number of hydrogen-bond acceptors (Lipinski definition) is 4. The summed E-state index contributed by atoms with van der Waals surface area (Å²) in [6.07, 6.45) is 7.96. The number of amides is 1. The molecule has 0 saturated carbocycles. The Kier molecular flexibility index (Phi) is 4.47. The van der Waals surface area contributed by atoms with E-state index in [0.717, 1.165) is 63.3 Å². The molecule has 0 radical (unpaired) electrons. The molecule has 4 heterocycles. The Morgan fingerprint density at radius 1 is 1.21 bits per heavy atom. The third kappa shape index (κ3) is 3.15. The second-order valence-electron chi connectivity index (χ2n) is 6.82. The number of pyridine rings is 1. The quantitative estimate of drug-likeness (QED) is 0.865. The van der Waals surface area contributed by atoms with Crippen molar-refractivity contribution in [1.29, 1.82) is 0 Å². The maximum absolute atomic E-state index is 12.4. The minimum absolute atomic E-state index is 0.273. The normalized spacial score (nSPS) is 22.3. The lowest BCUT2D eigenvalue weighted by molar-refractivity contribution is -0.132. The molecule has 0 N–H and O–H groups in total. The highest BCUT2D eigenvalue weighted by atomic mass is 16.5. The molecule has 0 bridgehead atoms. The Hall–Kier alpha value is -1.95. The largest absolute Gasteiger partial charge is 0.378 e. The Morgan fingerprint density at radius 3 is 2.88 bits per heavy atom. The third-order valence-electron chi connectivity index (χ3n) is 5.26. The number of hydrogen-bond donors (Lipinski definition) is 0. The van der Waals surface area contributed by atoms with Crippen molar-refractivity contribution in [1.82, 2.24) is 19.5 Å². The minimum Gasteiger partial charge on any atom is -0.378 e. The lowest BCUT2D eigenvalue weighted by atomic mass is 9.95. The van der Waals surface area contributed by atoms with E-state index in [-0.39, 0.29) is 5.91 Å². The van der Waals surface area contributed by atoms with E-state index in [1.165, 1.54) is 0 Å². The van der Waals surface area contributed by atoms with Crippen LogP contribution < -0.4 is 0 Å². The Morgan fingerprint density at radius 2 is 2.08 bits per heavy atom. The maximum atomic E-state index is 12.4. The Labute approximate surface area is 141 Å². The van der Waals surface area contributed by atoms with E-state index in [0.29, 0.717) is 18.4 Å². The summed E-state index contributed by atoms with van der Waals surface area (Å²) < 4.78 is 7.68. The fraction of sp³-hybridized carbons (Fsp3) is 0.611. The van der Waals surface area contributed by atoms with Crippen molar-refractivity contribution in [3.8, 4) is 0 Å². The van der Waals surface area contributed by atoms with E-state index in [4.69, 9.17) is 4.74 Å². The number of nitrogens with zero attached hydrogens (tertiary/aromatic N) is 4. The van der Waals surface area contributed by atoms with Gasteiger partial charge in [-0.2, -0.15) is 0 Å². The van der Waals surface area contributed by atoms with Crippen molar-refractivity contribution in [2.24, 2.45) is 0 Å². The summed E-state index contributed by atoms with van der Waals surface area (Å²) in [6, 6.07) is 5.95. The predicted molar refractivity (Wildman–Crippen MR) is 89.8 cm³/mol. The second kappa shape index (κ2) is 6.89. The first-order chi connectivity index (χ1) is 11.8. The minimum atomic E-state index is 0.273. The molecule has 1 atom stereocenters. The standard InChI is InChI=1S/C18H24N4O2/c23-17(7-6-15-4-3-13-24-15)21-11-8-14(9-12-21)18-20-19-16-5-1-2-10-22(16)18/h1-2,5,10,14-15H,3-4,6-9,11-13H2. The van der Waals surface area contributed by atoms with Gasteiger partial charge in [-0.25, -0.2) is 0 Å². The molecular formula is C18H24N4O2. The molecule has 24 heavy (non-hydrogen) atoms. The fourth-order valence-electron chi connectivity index (χ4n) is 3.84. The third-order valence-corrected chi connectivity index (χ3v) is 5.26. The molecule has 2 aromatic rings. The fourth-order valence-corrected chi connectivity index (χ4v) is 3.84. The van der Waals surface area contributed by atoms with Crippen molar-refractivity contribution in [3.05, 3.63) is 30.2 Å². The van der Waals surface area contributed by atoms with Gasteiger partial charge in [0, 0.05) is 38.2 Å². The molecule has 4 rings (SSSR count). The molecule has 6 heteroatoms. The summed E-state index contributed by atoms with van der Waals surface area (Å²) in [5.74, 6) is 1.68. The first-order valence-electron chi connectivity index (χ1n) is 9.00. The van der Waals surface area contributed by atoms with Gasteiger partial charge in [-0.1, -0.05) is 6.07 Å². The monoisotopic (exact) mass is 328 g/mol. The van der Waals surface area contributed by atoms with Crippen LogP contribution in [-0.2, 0) is 9.53 Å². The topological polar surface area (TPSA) is 59.7 Å². The number of rotatable bonds is 4. The second-order valence-corrected chi connectivity index (χ2v) is 6.82. The molecule has 2 saturated heterocycles. The zero-order valence-electron chi connectivity index (χ0n) is 13.9. The van der Waals surface area contributed by atoms with Crippen LogP contribution in [0, 0.1) is 0 Å². The van der Waals surface area contributed by atoms with Crippen molar-refractivity contribution >= 4 is 11.6 Å². The van der Waals surface area contributed by atoms with Crippen LogP contribution in [0.3, 0.4) is 0 Å². The molecule has 0 aliphatic carbocycles. The van der Waals surface area contributed by atoms with Gasteiger partial charge in [-0.3, -0.25) is 9.20 Å². The van der Waals surface area contributed by atoms with E-state index in [9.17, 15) is 4.79 Å². The lowest BCUT2D eigenvalue weighted by Gasteiger charge is -2.31. The Balaban J connectivity index is 1.32. The van der Waals surface area contributed by atoms with Crippen molar-refractivity contribution in [2.75, 3.05) is 19.7 Å². The molecule has 1 amide bonds. The van der Waals surface area contributed by atoms with Crippen LogP contribution in [0.25, 0.3) is 5.65 Å². The molecule has 1 unspecified atom stereocenters. The molecular weight excluding hydrogens is 304 g/mol. The van der Waals surface area contributed by atoms with Crippen LogP contribution in [0.2, 0.25) is 0 Å². The van der Waals surface area contributed by atoms with E-state index in [1.807, 2.05) is 29.3 Å². The molecule has 0 spiro atoms. The van der Waals surface area contributed by atoms with Gasteiger partial charge in [0.15, 0.2) is 5.65 Å². The van der Waals surface area contributed by atoms with E-state index in [1.54, 1.807) is 0 Å². The van der Waals surface area contributed by atoms with Crippen LogP contribution in [0.15, 0.2) is 24.4 Å². The molecule has 2 aliphatic rings. The molecule has 2 fully saturated rings. The zero-order valence-corrected chi connectivity index (χ0v) is 13.9. The summed E-state index contributed by atoms with van der Waals surface area (Å²) >= 11 is 0. The average Bonchev–Trinajstić information content (AvgIpc) is 3.29. The van der Waals surface area contributed by atoms with Crippen molar-refractivity contribution in [2.45, 2.75) is 50.5 Å². The van der Waals surface area contributed by atoms with Crippen molar-refractivity contribution in [3.63, 3.8) is 0 Å². The number of ether oxygens (including phenoxy) is 1. The van der Waals surface area contributed by atoms with Gasteiger partial charge >= 0.3 is 0 Å². The van der Waals surface area contributed by atoms with Crippen molar-refractivity contribution < 1.29 is 9.53 Å². The number of carbonyl (C=O) groups is 1. The van der Waals surface area contributed by atoms with Gasteiger partial charge < -0.3 is 9.64 Å². The van der Waals surface area contributed by atoms with Crippen LogP contribution in [0.4, 0.5) is 0 Å². The summed E-state index contributed by atoms with van der Waals surface area (Å²) in [4.78, 5) is 14.4. The number of likely N-dealkylation sites (tertiary alicyclic amines) is 1. The maximum Gasteiger partial charge on any atom is 0.222 e. The highest BCUT2D eigenvalue weighted by Crippen LogP contribution is 2.27. The smallest absolute Gasteiger partial charge is 0.222 e. The van der Waals surface area contributed by atoms with Gasteiger partial charge in [0.25, 0.3) is 0 Å². The molecule has 128 valence electrons. The van der Waals surface area contributed by atoms with Crippen LogP contribution >= 0.6 is 0 Å². The van der Waals surface area contributed by atoms with Crippen LogP contribution in [0.1, 0.15) is 50.3 Å². The van der Waals surface area contributed by atoms with Gasteiger partial charge in [0.1, 0.15) is 5.82 Å². The van der Waals surface area contributed by atoms with Gasteiger partial charge in [-0.05, 0) is 44.2 Å². The molecule has 0 aromatic carbocycles.